The summed E-state index contributed by atoms with van der Waals surface area (Å²) in [6, 6.07) is 18.1. The van der Waals surface area contributed by atoms with Crippen LogP contribution in [0.5, 0.6) is 0 Å². The number of hydrogen-bond donors (Lipinski definition) is 1. The van der Waals surface area contributed by atoms with Crippen molar-refractivity contribution in [3.8, 4) is 6.07 Å². The van der Waals surface area contributed by atoms with Crippen molar-refractivity contribution in [2.24, 2.45) is 0 Å². The summed E-state index contributed by atoms with van der Waals surface area (Å²) in [4.78, 5) is 26.6. The first-order chi connectivity index (χ1) is 17.7. The van der Waals surface area contributed by atoms with Crippen molar-refractivity contribution in [3.63, 3.8) is 0 Å². The molecule has 0 aliphatic carbocycles. The molecule has 4 aromatic rings. The molecule has 0 aliphatic rings. The summed E-state index contributed by atoms with van der Waals surface area (Å²) in [5.74, 6) is -1.06. The van der Waals surface area contributed by atoms with E-state index in [1.54, 1.807) is 13.0 Å². The van der Waals surface area contributed by atoms with Gasteiger partial charge in [0.25, 0.3) is 5.91 Å². The zero-order valence-electron chi connectivity index (χ0n) is 21.0. The molecule has 2 aromatic heterocycles. The molecule has 1 N–H and O–H groups in total. The van der Waals surface area contributed by atoms with E-state index in [4.69, 9.17) is 4.74 Å². The van der Waals surface area contributed by atoms with Crippen LogP contribution in [0, 0.1) is 32.1 Å². The lowest BCUT2D eigenvalue weighted by Gasteiger charge is -2.09. The third-order valence-corrected chi connectivity index (χ3v) is 7.93. The number of carbonyl (C=O) groups is 2. The third-order valence-electron chi connectivity index (χ3n) is 6.28. The fourth-order valence-electron chi connectivity index (χ4n) is 4.24. The summed E-state index contributed by atoms with van der Waals surface area (Å²) < 4.78 is 8.38. The van der Waals surface area contributed by atoms with Crippen molar-refractivity contribution >= 4 is 61.1 Å². The fraction of sp³-hybridized carbons (Fsp3) is 0.207. The SMILES string of the molecule is CCOC(=O)c1c(NC(=O)/C(C#N)=C/c2c(C)n(Cc3ccc(Br)cc3)c3ccccc23)sc(C)c1C. The molecule has 0 spiro atoms. The number of esters is 1. The minimum Gasteiger partial charge on any atom is -0.462 e. The van der Waals surface area contributed by atoms with E-state index in [1.165, 1.54) is 11.3 Å². The van der Waals surface area contributed by atoms with E-state index < -0.39 is 11.9 Å². The van der Waals surface area contributed by atoms with Crippen LogP contribution < -0.4 is 5.32 Å². The van der Waals surface area contributed by atoms with Crippen LogP contribution in [0.25, 0.3) is 17.0 Å². The Morgan fingerprint density at radius 3 is 2.51 bits per heavy atom. The van der Waals surface area contributed by atoms with Crippen LogP contribution in [0.1, 0.15) is 44.5 Å². The number of ether oxygens (including phenoxy) is 1. The largest absolute Gasteiger partial charge is 0.462 e. The second-order valence-corrected chi connectivity index (χ2v) is 10.7. The van der Waals surface area contributed by atoms with E-state index >= 15 is 0 Å². The van der Waals surface area contributed by atoms with E-state index in [2.05, 4.69) is 37.9 Å². The second-order valence-electron chi connectivity index (χ2n) is 8.56. The number of rotatable bonds is 7. The van der Waals surface area contributed by atoms with E-state index in [-0.39, 0.29) is 12.2 Å². The first-order valence-electron chi connectivity index (χ1n) is 11.8. The number of aryl methyl sites for hydroxylation is 1. The van der Waals surface area contributed by atoms with Crippen LogP contribution in [0.3, 0.4) is 0 Å². The van der Waals surface area contributed by atoms with Crippen LogP contribution in [-0.4, -0.2) is 23.1 Å². The summed E-state index contributed by atoms with van der Waals surface area (Å²) in [7, 11) is 0. The third kappa shape index (κ3) is 5.38. The number of benzene rings is 2. The molecule has 0 unspecified atom stereocenters. The zero-order chi connectivity index (χ0) is 26.7. The lowest BCUT2D eigenvalue weighted by atomic mass is 10.1. The van der Waals surface area contributed by atoms with Crippen molar-refractivity contribution in [3.05, 3.63) is 91.4 Å². The zero-order valence-corrected chi connectivity index (χ0v) is 23.4. The van der Waals surface area contributed by atoms with E-state index in [1.807, 2.05) is 63.2 Å². The van der Waals surface area contributed by atoms with Crippen LogP contribution in [-0.2, 0) is 16.1 Å². The van der Waals surface area contributed by atoms with Crippen molar-refractivity contribution in [2.75, 3.05) is 11.9 Å². The monoisotopic (exact) mass is 575 g/mol. The second kappa shape index (κ2) is 11.2. The Hall–Kier alpha value is -3.67. The molecule has 4 rings (SSSR count). The molecule has 188 valence electrons. The Labute approximate surface area is 228 Å². The Bertz CT molecular complexity index is 1570. The molecule has 0 atom stereocenters. The smallest absolute Gasteiger partial charge is 0.341 e. The van der Waals surface area contributed by atoms with Gasteiger partial charge < -0.3 is 14.6 Å². The molecule has 0 radical (unpaired) electrons. The molecular weight excluding hydrogens is 550 g/mol. The first-order valence-corrected chi connectivity index (χ1v) is 13.4. The van der Waals surface area contributed by atoms with E-state index in [0.29, 0.717) is 17.1 Å². The lowest BCUT2D eigenvalue weighted by Crippen LogP contribution is -2.16. The number of thiophene rings is 1. The Balaban J connectivity index is 1.72. The van der Waals surface area contributed by atoms with Gasteiger partial charge in [-0.3, -0.25) is 4.79 Å². The van der Waals surface area contributed by atoms with Gasteiger partial charge in [-0.25, -0.2) is 4.79 Å². The average Bonchev–Trinajstić information content (AvgIpc) is 3.30. The van der Waals surface area contributed by atoms with Crippen LogP contribution in [0.4, 0.5) is 5.00 Å². The Kier molecular flexibility index (Phi) is 7.96. The number of fused-ring (bicyclic) bond motifs is 1. The molecule has 0 saturated carbocycles. The Morgan fingerprint density at radius 1 is 1.14 bits per heavy atom. The first kappa shape index (κ1) is 26.4. The highest BCUT2D eigenvalue weighted by molar-refractivity contribution is 9.10. The summed E-state index contributed by atoms with van der Waals surface area (Å²) in [5, 5.41) is 14.0. The minimum absolute atomic E-state index is 0.0480. The number of nitriles is 1. The number of anilines is 1. The fourth-order valence-corrected chi connectivity index (χ4v) is 5.55. The van der Waals surface area contributed by atoms with Crippen LogP contribution in [0.15, 0.2) is 58.6 Å². The van der Waals surface area contributed by atoms with Gasteiger partial charge in [0.2, 0.25) is 0 Å². The van der Waals surface area contributed by atoms with Gasteiger partial charge in [0.05, 0.1) is 12.2 Å². The highest BCUT2D eigenvalue weighted by Gasteiger charge is 2.23. The lowest BCUT2D eigenvalue weighted by molar-refractivity contribution is -0.112. The van der Waals surface area contributed by atoms with Gasteiger partial charge in [0, 0.05) is 38.1 Å². The van der Waals surface area contributed by atoms with Gasteiger partial charge in [0.1, 0.15) is 16.6 Å². The highest BCUT2D eigenvalue weighted by atomic mass is 79.9. The quantitative estimate of drug-likeness (QED) is 0.144. The van der Waals surface area contributed by atoms with Gasteiger partial charge >= 0.3 is 5.97 Å². The van der Waals surface area contributed by atoms with Crippen molar-refractivity contribution in [2.45, 2.75) is 34.2 Å². The van der Waals surface area contributed by atoms with Gasteiger partial charge in [-0.05, 0) is 63.1 Å². The molecule has 1 amide bonds. The normalized spacial score (nSPS) is 11.4. The average molecular weight is 577 g/mol. The maximum atomic E-state index is 13.2. The van der Waals surface area contributed by atoms with Crippen molar-refractivity contribution in [1.29, 1.82) is 5.26 Å². The number of nitrogens with one attached hydrogen (secondary N) is 1. The molecule has 2 aromatic carbocycles. The number of amides is 1. The van der Waals surface area contributed by atoms with E-state index in [9.17, 15) is 14.9 Å². The standard InChI is InChI=1S/C29H26BrN3O3S/c1-5-36-29(35)26-17(2)19(4)37-28(26)32-27(34)21(15-31)14-24-18(3)33(25-9-7-6-8-23(24)25)16-20-10-12-22(30)13-11-20/h6-14H,5,16H2,1-4H3,(H,32,34)/b21-14+. The predicted octanol–water partition coefficient (Wildman–Crippen LogP) is 7.16. The molecule has 37 heavy (non-hydrogen) atoms. The van der Waals surface area contributed by atoms with Gasteiger partial charge in [0.15, 0.2) is 0 Å². The summed E-state index contributed by atoms with van der Waals surface area (Å²) >= 11 is 4.77. The number of hydrogen-bond acceptors (Lipinski definition) is 5. The van der Waals surface area contributed by atoms with Gasteiger partial charge in [-0.15, -0.1) is 11.3 Å². The van der Waals surface area contributed by atoms with Crippen LogP contribution >= 0.6 is 27.3 Å². The van der Waals surface area contributed by atoms with Gasteiger partial charge in [-0.2, -0.15) is 5.26 Å². The Morgan fingerprint density at radius 2 is 1.84 bits per heavy atom. The van der Waals surface area contributed by atoms with Crippen LogP contribution in [0.2, 0.25) is 0 Å². The number of para-hydroxylation sites is 1. The molecule has 2 heterocycles. The number of nitrogens with zero attached hydrogens (tertiary/aromatic N) is 2. The highest BCUT2D eigenvalue weighted by Crippen LogP contribution is 2.34. The van der Waals surface area contributed by atoms with Crippen molar-refractivity contribution < 1.29 is 14.3 Å². The maximum absolute atomic E-state index is 13.2. The molecule has 0 fully saturated rings. The summed E-state index contributed by atoms with van der Waals surface area (Å²) in [6.45, 7) is 8.30. The predicted molar refractivity (Wildman–Crippen MR) is 152 cm³/mol. The number of carbonyl (C=O) groups excluding carboxylic acids is 2. The topological polar surface area (TPSA) is 84.1 Å². The maximum Gasteiger partial charge on any atom is 0.341 e. The van der Waals surface area contributed by atoms with Crippen molar-refractivity contribution in [1.82, 2.24) is 4.57 Å². The minimum atomic E-state index is -0.571. The molecule has 6 nitrogen and oxygen atoms in total. The summed E-state index contributed by atoms with van der Waals surface area (Å²) in [5.41, 5.74) is 4.94. The summed E-state index contributed by atoms with van der Waals surface area (Å²) in [6.07, 6.45) is 1.63. The van der Waals surface area contributed by atoms with E-state index in [0.717, 1.165) is 42.6 Å². The molecule has 0 aliphatic heterocycles. The number of halogens is 1. The molecule has 0 bridgehead atoms. The number of aromatic nitrogens is 1. The molecular formula is C29H26BrN3O3S. The molecule has 8 heteroatoms. The van der Waals surface area contributed by atoms with Gasteiger partial charge in [-0.1, -0.05) is 46.3 Å². The molecule has 0 saturated heterocycles.